The molecule has 1 N–H and O–H groups in total. The number of carbonyl (C=O) groups excluding carboxylic acids is 1. The van der Waals surface area contributed by atoms with Gasteiger partial charge in [-0.2, -0.15) is 10.2 Å². The zero-order chi connectivity index (χ0) is 21.3. The largest absolute Gasteiger partial charge is 0.342 e. The number of hydrogen-bond acceptors (Lipinski definition) is 4. The highest BCUT2D eigenvalue weighted by molar-refractivity contribution is 5.92. The summed E-state index contributed by atoms with van der Waals surface area (Å²) >= 11 is 0. The number of halogens is 2. The summed E-state index contributed by atoms with van der Waals surface area (Å²) in [6.45, 7) is 4.42. The second-order valence-corrected chi connectivity index (χ2v) is 7.66. The van der Waals surface area contributed by atoms with Gasteiger partial charge in [-0.25, -0.2) is 18.3 Å². The standard InChI is InChI=1S/C21H24F2N6O/c1-3-15-5-6-18-25-16(13-29(18)27-15)19(14-7-10-21(22,23)11-8-14)26-20(30)17-9-12-24-28(17)4-2/h9,12-14,19H,3-4,7-8,10-11H2,1-2H3,(H,26,30)/t19-/m0/s1. The summed E-state index contributed by atoms with van der Waals surface area (Å²) in [5, 5.41) is 11.6. The summed E-state index contributed by atoms with van der Waals surface area (Å²) < 4.78 is 30.7. The maximum absolute atomic E-state index is 13.7. The van der Waals surface area contributed by atoms with Crippen molar-refractivity contribution < 1.29 is 13.6 Å². The Bertz CT molecular complexity index is 1030. The first-order chi connectivity index (χ1) is 14.4. The predicted molar refractivity (Wildman–Crippen MR) is 105 cm³/mol. The lowest BCUT2D eigenvalue weighted by molar-refractivity contribution is -0.0495. The molecule has 0 radical (unpaired) electrons. The molecule has 0 saturated heterocycles. The molecule has 0 spiro atoms. The highest BCUT2D eigenvalue weighted by Gasteiger charge is 2.39. The number of carbonyl (C=O) groups is 1. The Balaban J connectivity index is 1.66. The van der Waals surface area contributed by atoms with Crippen LogP contribution >= 0.6 is 0 Å². The zero-order valence-corrected chi connectivity index (χ0v) is 17.0. The van der Waals surface area contributed by atoms with Crippen LogP contribution in [-0.4, -0.2) is 36.2 Å². The average molecular weight is 414 g/mol. The first-order valence-corrected chi connectivity index (χ1v) is 10.3. The lowest BCUT2D eigenvalue weighted by Crippen LogP contribution is -2.38. The van der Waals surface area contributed by atoms with E-state index in [1.807, 2.05) is 13.8 Å². The molecule has 1 aliphatic carbocycles. The number of aryl methyl sites for hydroxylation is 2. The number of fused-ring (bicyclic) bond motifs is 1. The topological polar surface area (TPSA) is 77.1 Å². The normalized spacial score (nSPS) is 17.6. The van der Waals surface area contributed by atoms with Crippen molar-refractivity contribution in [1.82, 2.24) is 29.7 Å². The van der Waals surface area contributed by atoms with Crippen LogP contribution in [-0.2, 0) is 13.0 Å². The van der Waals surface area contributed by atoms with Gasteiger partial charge in [-0.3, -0.25) is 9.48 Å². The highest BCUT2D eigenvalue weighted by atomic mass is 19.3. The van der Waals surface area contributed by atoms with Crippen LogP contribution in [0.5, 0.6) is 0 Å². The fourth-order valence-corrected chi connectivity index (χ4v) is 3.96. The Hall–Kier alpha value is -3.02. The van der Waals surface area contributed by atoms with Crippen LogP contribution in [0.1, 0.15) is 67.4 Å². The van der Waals surface area contributed by atoms with Gasteiger partial charge in [-0.1, -0.05) is 6.92 Å². The lowest BCUT2D eigenvalue weighted by Gasteiger charge is -2.33. The van der Waals surface area contributed by atoms with E-state index < -0.39 is 12.0 Å². The van der Waals surface area contributed by atoms with Crippen LogP contribution < -0.4 is 5.32 Å². The predicted octanol–water partition coefficient (Wildman–Crippen LogP) is 3.41. The van der Waals surface area contributed by atoms with E-state index in [4.69, 9.17) is 0 Å². The molecule has 7 nitrogen and oxygen atoms in total. The maximum Gasteiger partial charge on any atom is 0.270 e. The van der Waals surface area contributed by atoms with Gasteiger partial charge >= 0.3 is 0 Å². The number of rotatable bonds is 6. The number of alkyl halides is 2. The molecule has 0 bridgehead atoms. The Kier molecular flexibility index (Phi) is 5.41. The quantitative estimate of drug-likeness (QED) is 0.671. The molecule has 9 heteroatoms. The van der Waals surface area contributed by atoms with Crippen LogP contribution in [0, 0.1) is 18.1 Å². The van der Waals surface area contributed by atoms with Crippen molar-refractivity contribution in [1.29, 1.82) is 0 Å². The number of aromatic nitrogens is 5. The average Bonchev–Trinajstić information content (AvgIpc) is 3.38. The molecule has 4 rings (SSSR count). The summed E-state index contributed by atoms with van der Waals surface area (Å²) in [5.74, 6) is -3.09. The molecular weight excluding hydrogens is 390 g/mol. The van der Waals surface area contributed by atoms with Gasteiger partial charge in [0.1, 0.15) is 11.4 Å². The summed E-state index contributed by atoms with van der Waals surface area (Å²) in [5.41, 5.74) is 2.25. The van der Waals surface area contributed by atoms with Crippen LogP contribution in [0.25, 0.3) is 5.65 Å². The van der Waals surface area contributed by atoms with Gasteiger partial charge in [-0.15, -0.1) is 0 Å². The molecule has 1 atom stereocenters. The van der Waals surface area contributed by atoms with Gasteiger partial charge in [-0.05, 0) is 50.3 Å². The van der Waals surface area contributed by atoms with Crippen LogP contribution in [0.4, 0.5) is 8.78 Å². The van der Waals surface area contributed by atoms with Gasteiger partial charge in [0.05, 0.1) is 17.9 Å². The zero-order valence-electron chi connectivity index (χ0n) is 17.0. The van der Waals surface area contributed by atoms with Gasteiger partial charge in [0, 0.05) is 25.6 Å². The van der Waals surface area contributed by atoms with Crippen molar-refractivity contribution in [3.8, 4) is 0 Å². The SMILES string of the molecule is CCc1c#cc2nc([C@@H](NC(=O)c3ccnn3CC)C3CCC(F)(F)CC3)cn2n1. The number of hydrogen-bond donors (Lipinski definition) is 1. The first kappa shape index (κ1) is 20.3. The summed E-state index contributed by atoms with van der Waals surface area (Å²) in [4.78, 5) is 17.5. The number of amides is 1. The third-order valence-electron chi connectivity index (χ3n) is 5.68. The van der Waals surface area contributed by atoms with Crippen LogP contribution in [0.15, 0.2) is 18.5 Å². The highest BCUT2D eigenvalue weighted by Crippen LogP contribution is 2.41. The van der Waals surface area contributed by atoms with Crippen LogP contribution in [0.2, 0.25) is 0 Å². The summed E-state index contributed by atoms with van der Waals surface area (Å²) in [6.07, 6.45) is 4.25. The van der Waals surface area contributed by atoms with Gasteiger partial charge in [0.15, 0.2) is 0 Å². The number of imidazole rings is 1. The van der Waals surface area contributed by atoms with E-state index in [1.165, 1.54) is 0 Å². The Morgan fingerprint density at radius 2 is 2.10 bits per heavy atom. The van der Waals surface area contributed by atoms with E-state index in [9.17, 15) is 13.6 Å². The van der Waals surface area contributed by atoms with Crippen molar-refractivity contribution in [2.45, 2.75) is 64.5 Å². The minimum atomic E-state index is -2.65. The second-order valence-electron chi connectivity index (χ2n) is 7.66. The monoisotopic (exact) mass is 414 g/mol. The molecule has 3 aromatic heterocycles. The Labute approximate surface area is 173 Å². The molecule has 0 aliphatic heterocycles. The maximum atomic E-state index is 13.7. The first-order valence-electron chi connectivity index (χ1n) is 10.3. The number of nitrogens with zero attached hydrogens (tertiary/aromatic N) is 5. The third-order valence-corrected chi connectivity index (χ3v) is 5.68. The molecule has 30 heavy (non-hydrogen) atoms. The minimum Gasteiger partial charge on any atom is -0.342 e. The fourth-order valence-electron chi connectivity index (χ4n) is 3.96. The van der Waals surface area contributed by atoms with Crippen molar-refractivity contribution in [3.05, 3.63) is 47.7 Å². The molecule has 1 fully saturated rings. The Morgan fingerprint density at radius 3 is 2.80 bits per heavy atom. The van der Waals surface area contributed by atoms with E-state index >= 15 is 0 Å². The van der Waals surface area contributed by atoms with E-state index in [0.29, 0.717) is 42.8 Å². The number of nitrogens with one attached hydrogen (secondary N) is 1. The van der Waals surface area contributed by atoms with Crippen LogP contribution in [0.3, 0.4) is 0 Å². The van der Waals surface area contributed by atoms with Crippen molar-refractivity contribution in [2.75, 3.05) is 0 Å². The molecule has 3 heterocycles. The molecule has 0 unspecified atom stereocenters. The van der Waals surface area contributed by atoms with Crippen molar-refractivity contribution in [3.63, 3.8) is 0 Å². The molecule has 1 aliphatic rings. The van der Waals surface area contributed by atoms with Crippen molar-refractivity contribution in [2.24, 2.45) is 5.92 Å². The van der Waals surface area contributed by atoms with Gasteiger partial charge in [0.2, 0.25) is 11.6 Å². The van der Waals surface area contributed by atoms with Crippen molar-refractivity contribution >= 4 is 11.6 Å². The smallest absolute Gasteiger partial charge is 0.270 e. The molecule has 0 aromatic carbocycles. The molecule has 1 saturated carbocycles. The minimum absolute atomic E-state index is 0.147. The van der Waals surface area contributed by atoms with E-state index in [0.717, 1.165) is 5.69 Å². The summed E-state index contributed by atoms with van der Waals surface area (Å²) in [7, 11) is 0. The molecule has 158 valence electrons. The fraction of sp³-hybridized carbons (Fsp3) is 0.524. The lowest BCUT2D eigenvalue weighted by atomic mass is 9.81. The van der Waals surface area contributed by atoms with Gasteiger partial charge in [0.25, 0.3) is 5.91 Å². The van der Waals surface area contributed by atoms with E-state index in [2.05, 4.69) is 32.6 Å². The molecule has 3 aromatic rings. The third kappa shape index (κ3) is 3.99. The van der Waals surface area contributed by atoms with E-state index in [1.54, 1.807) is 27.7 Å². The molecular formula is C21H24F2N6O. The van der Waals surface area contributed by atoms with E-state index in [-0.39, 0.29) is 24.7 Å². The Morgan fingerprint density at radius 1 is 1.33 bits per heavy atom. The summed E-state index contributed by atoms with van der Waals surface area (Å²) in [6, 6.07) is 7.08. The van der Waals surface area contributed by atoms with Gasteiger partial charge < -0.3 is 5.32 Å². The second kappa shape index (κ2) is 8.01. The molecule has 1 amide bonds.